The van der Waals surface area contributed by atoms with Gasteiger partial charge in [0.1, 0.15) is 17.7 Å². The first-order valence-electron chi connectivity index (χ1n) is 12.2. The van der Waals surface area contributed by atoms with Crippen molar-refractivity contribution in [1.82, 2.24) is 10.2 Å². The van der Waals surface area contributed by atoms with E-state index < -0.39 is 41.6 Å². The fourth-order valence-electron chi connectivity index (χ4n) is 3.83. The number of amides is 3. The fraction of sp³-hybridized carbons (Fsp3) is 0.407. The summed E-state index contributed by atoms with van der Waals surface area (Å²) >= 11 is 13.8. The molecule has 2 N–H and O–H groups in total. The van der Waals surface area contributed by atoms with E-state index in [2.05, 4.69) is 10.6 Å². The van der Waals surface area contributed by atoms with Gasteiger partial charge in [-0.15, -0.1) is 0 Å². The third kappa shape index (κ3) is 8.52. The van der Waals surface area contributed by atoms with E-state index in [1.807, 2.05) is 0 Å². The van der Waals surface area contributed by atoms with Gasteiger partial charge in [-0.2, -0.15) is 11.8 Å². The molecule has 1 saturated heterocycles. The first-order chi connectivity index (χ1) is 18.4. The molecule has 2 aromatic carbocycles. The Kier molecular flexibility index (Phi) is 10.5. The summed E-state index contributed by atoms with van der Waals surface area (Å²) in [6.45, 7) is 5.63. The number of hydrogen-bond donors (Lipinski definition) is 2. The highest BCUT2D eigenvalue weighted by Gasteiger charge is 2.37. The van der Waals surface area contributed by atoms with Gasteiger partial charge in [0.05, 0.1) is 22.7 Å². The summed E-state index contributed by atoms with van der Waals surface area (Å²) in [6.07, 6.45) is -0.441. The predicted molar refractivity (Wildman–Crippen MR) is 153 cm³/mol. The van der Waals surface area contributed by atoms with Crippen LogP contribution in [0.3, 0.4) is 0 Å². The molecule has 0 radical (unpaired) electrons. The normalized spacial score (nSPS) is 16.2. The number of ether oxygens (including phenoxy) is 2. The number of esters is 1. The number of hydrogen-bond acceptors (Lipinski definition) is 7. The van der Waals surface area contributed by atoms with Gasteiger partial charge >= 0.3 is 12.1 Å². The number of thioether (sulfide) groups is 1. The number of anilines is 1. The van der Waals surface area contributed by atoms with Crippen molar-refractivity contribution in [2.24, 2.45) is 0 Å². The smallest absolute Gasteiger partial charge is 0.411 e. The van der Waals surface area contributed by atoms with Gasteiger partial charge in [0.25, 0.3) is 5.91 Å². The standard InChI is InChI=1S/C27H31Cl2N3O6S/c1-27(2,3)38-26(36)32-12-13-39-15-21(32)23(33)31-20(25(35)37-4)14-16-8-10-17(11-9-16)30-24(34)22-18(28)6-5-7-19(22)29/h5-11,20-21H,12-15H2,1-4H3,(H,30,34)(H,31,33)/t20-,21-/m0/s1. The minimum absolute atomic E-state index is 0.134. The van der Waals surface area contributed by atoms with Crippen LogP contribution in [-0.4, -0.2) is 71.6 Å². The SMILES string of the molecule is COC(=O)[C@H](Cc1ccc(NC(=O)c2c(Cl)cccc2Cl)cc1)NC(=O)[C@@H]1CSCCN1C(=O)OC(C)(C)C. The minimum atomic E-state index is -0.989. The van der Waals surface area contributed by atoms with Crippen molar-refractivity contribution in [3.8, 4) is 0 Å². The van der Waals surface area contributed by atoms with Gasteiger partial charge in [-0.3, -0.25) is 14.5 Å². The Morgan fingerprint density at radius 2 is 1.72 bits per heavy atom. The van der Waals surface area contributed by atoms with Crippen molar-refractivity contribution in [2.75, 3.05) is 30.5 Å². The maximum atomic E-state index is 13.2. The third-order valence-corrected chi connectivity index (χ3v) is 7.36. The third-order valence-electron chi connectivity index (χ3n) is 5.70. The molecule has 0 aliphatic carbocycles. The molecule has 0 bridgehead atoms. The Balaban J connectivity index is 1.68. The molecule has 3 rings (SSSR count). The molecule has 2 aromatic rings. The van der Waals surface area contributed by atoms with Gasteiger partial charge in [0.15, 0.2) is 0 Å². The minimum Gasteiger partial charge on any atom is -0.467 e. The van der Waals surface area contributed by atoms with Crippen molar-refractivity contribution in [2.45, 2.75) is 44.9 Å². The molecule has 1 aliphatic rings. The molecule has 0 aromatic heterocycles. The lowest BCUT2D eigenvalue weighted by atomic mass is 10.0. The summed E-state index contributed by atoms with van der Waals surface area (Å²) in [5.41, 5.74) is 0.662. The van der Waals surface area contributed by atoms with Crippen molar-refractivity contribution in [1.29, 1.82) is 0 Å². The Morgan fingerprint density at radius 1 is 1.08 bits per heavy atom. The molecule has 0 saturated carbocycles. The van der Waals surface area contributed by atoms with Crippen LogP contribution in [0.5, 0.6) is 0 Å². The van der Waals surface area contributed by atoms with Crippen LogP contribution in [0.2, 0.25) is 10.0 Å². The van der Waals surface area contributed by atoms with Gasteiger partial charge < -0.3 is 20.1 Å². The zero-order chi connectivity index (χ0) is 28.7. The summed E-state index contributed by atoms with van der Waals surface area (Å²) in [5.74, 6) is -0.499. The van der Waals surface area contributed by atoms with E-state index in [0.29, 0.717) is 29.3 Å². The predicted octanol–water partition coefficient (Wildman–Crippen LogP) is 4.80. The number of rotatable bonds is 7. The van der Waals surface area contributed by atoms with Crippen LogP contribution in [0.1, 0.15) is 36.7 Å². The second-order valence-corrected chi connectivity index (χ2v) is 11.8. The summed E-state index contributed by atoms with van der Waals surface area (Å²) < 4.78 is 10.4. The molecule has 12 heteroatoms. The molecule has 210 valence electrons. The second kappa shape index (κ2) is 13.4. The molecular formula is C27H31Cl2N3O6S. The first kappa shape index (κ1) is 30.6. The number of benzene rings is 2. The van der Waals surface area contributed by atoms with E-state index in [4.69, 9.17) is 32.7 Å². The Morgan fingerprint density at radius 3 is 2.31 bits per heavy atom. The number of nitrogens with one attached hydrogen (secondary N) is 2. The number of halogens is 2. The van der Waals surface area contributed by atoms with Crippen molar-refractivity contribution >= 4 is 64.5 Å². The number of carbonyl (C=O) groups excluding carboxylic acids is 4. The molecular weight excluding hydrogens is 565 g/mol. The molecule has 2 atom stereocenters. The summed E-state index contributed by atoms with van der Waals surface area (Å²) in [6, 6.07) is 9.78. The Labute approximate surface area is 241 Å². The van der Waals surface area contributed by atoms with Crippen LogP contribution in [-0.2, 0) is 25.5 Å². The average molecular weight is 597 g/mol. The maximum Gasteiger partial charge on any atom is 0.411 e. The van der Waals surface area contributed by atoms with Gasteiger partial charge in [0, 0.05) is 30.2 Å². The molecule has 0 spiro atoms. The number of nitrogens with zero attached hydrogens (tertiary/aromatic N) is 1. The molecule has 1 heterocycles. The van der Waals surface area contributed by atoms with Crippen LogP contribution in [0.15, 0.2) is 42.5 Å². The van der Waals surface area contributed by atoms with E-state index >= 15 is 0 Å². The summed E-state index contributed by atoms with van der Waals surface area (Å²) in [5, 5.41) is 5.94. The topological polar surface area (TPSA) is 114 Å². The molecule has 1 fully saturated rings. The van der Waals surface area contributed by atoms with Crippen LogP contribution in [0, 0.1) is 0 Å². The van der Waals surface area contributed by atoms with E-state index in [1.54, 1.807) is 75.0 Å². The zero-order valence-corrected chi connectivity index (χ0v) is 24.4. The summed E-state index contributed by atoms with van der Waals surface area (Å²) in [4.78, 5) is 52.5. The highest BCUT2D eigenvalue weighted by molar-refractivity contribution is 7.99. The Bertz CT molecular complexity index is 1200. The van der Waals surface area contributed by atoms with Gasteiger partial charge in [-0.1, -0.05) is 41.4 Å². The number of methoxy groups -OCH3 is 1. The lowest BCUT2D eigenvalue weighted by Crippen LogP contribution is -2.57. The van der Waals surface area contributed by atoms with Crippen molar-refractivity contribution < 1.29 is 28.7 Å². The van der Waals surface area contributed by atoms with Crippen LogP contribution in [0.25, 0.3) is 0 Å². The molecule has 1 aliphatic heterocycles. The Hall–Kier alpha value is -2.95. The molecule has 9 nitrogen and oxygen atoms in total. The van der Waals surface area contributed by atoms with Crippen molar-refractivity contribution in [3.05, 3.63) is 63.6 Å². The maximum absolute atomic E-state index is 13.2. The van der Waals surface area contributed by atoms with Gasteiger partial charge in [0.2, 0.25) is 5.91 Å². The lowest BCUT2D eigenvalue weighted by molar-refractivity contribution is -0.145. The molecule has 3 amide bonds. The quantitative estimate of drug-likeness (QED) is 0.442. The monoisotopic (exact) mass is 595 g/mol. The van der Waals surface area contributed by atoms with Crippen molar-refractivity contribution in [3.63, 3.8) is 0 Å². The largest absolute Gasteiger partial charge is 0.467 e. The van der Waals surface area contributed by atoms with Crippen LogP contribution < -0.4 is 10.6 Å². The van der Waals surface area contributed by atoms with E-state index in [0.717, 1.165) is 0 Å². The van der Waals surface area contributed by atoms with E-state index in [9.17, 15) is 19.2 Å². The van der Waals surface area contributed by atoms with Crippen LogP contribution in [0.4, 0.5) is 10.5 Å². The van der Waals surface area contributed by atoms with Crippen LogP contribution >= 0.6 is 35.0 Å². The molecule has 39 heavy (non-hydrogen) atoms. The average Bonchev–Trinajstić information content (AvgIpc) is 2.87. The van der Waals surface area contributed by atoms with Gasteiger partial charge in [-0.25, -0.2) is 9.59 Å². The number of carbonyl (C=O) groups is 4. The highest BCUT2D eigenvalue weighted by Crippen LogP contribution is 2.26. The summed E-state index contributed by atoms with van der Waals surface area (Å²) in [7, 11) is 1.24. The van der Waals surface area contributed by atoms with E-state index in [1.165, 1.54) is 12.0 Å². The zero-order valence-electron chi connectivity index (χ0n) is 22.1. The van der Waals surface area contributed by atoms with E-state index in [-0.39, 0.29) is 22.0 Å². The lowest BCUT2D eigenvalue weighted by Gasteiger charge is -2.36. The fourth-order valence-corrected chi connectivity index (χ4v) is 5.45. The first-order valence-corrected chi connectivity index (χ1v) is 14.1. The van der Waals surface area contributed by atoms with Gasteiger partial charge in [-0.05, 0) is 50.6 Å². The highest BCUT2D eigenvalue weighted by atomic mass is 35.5. The second-order valence-electron chi connectivity index (χ2n) is 9.80. The molecule has 0 unspecified atom stereocenters.